The van der Waals surface area contributed by atoms with E-state index in [1.807, 2.05) is 82.3 Å². The summed E-state index contributed by atoms with van der Waals surface area (Å²) in [6, 6.07) is 13.1. The molecule has 8 heteroatoms. The lowest BCUT2D eigenvalue weighted by Crippen LogP contribution is -2.41. The van der Waals surface area contributed by atoms with Crippen LogP contribution in [0, 0.1) is 12.8 Å². The minimum atomic E-state index is -1.00. The molecule has 1 aliphatic heterocycles. The first-order chi connectivity index (χ1) is 21.4. The molecule has 1 saturated carbocycles. The Bertz CT molecular complexity index is 1120. The van der Waals surface area contributed by atoms with Gasteiger partial charge in [-0.05, 0) is 97.7 Å². The molecule has 0 bridgehead atoms. The van der Waals surface area contributed by atoms with Gasteiger partial charge in [0.25, 0.3) is 5.91 Å². The van der Waals surface area contributed by atoms with Crippen molar-refractivity contribution in [2.24, 2.45) is 5.92 Å². The van der Waals surface area contributed by atoms with Gasteiger partial charge in [-0.1, -0.05) is 69.9 Å². The first-order valence-electron chi connectivity index (χ1n) is 16.3. The summed E-state index contributed by atoms with van der Waals surface area (Å²) in [6.07, 6.45) is 14.2. The zero-order chi connectivity index (χ0) is 32.3. The fourth-order valence-corrected chi connectivity index (χ4v) is 7.04. The lowest BCUT2D eigenvalue weighted by atomic mass is 9.93. The van der Waals surface area contributed by atoms with Crippen molar-refractivity contribution in [3.8, 4) is 11.1 Å². The second kappa shape index (κ2) is 21.7. The van der Waals surface area contributed by atoms with E-state index >= 15 is 0 Å². The van der Waals surface area contributed by atoms with Crippen LogP contribution in [-0.2, 0) is 16.1 Å². The van der Waals surface area contributed by atoms with Gasteiger partial charge >= 0.3 is 5.97 Å². The zero-order valence-corrected chi connectivity index (χ0v) is 29.5. The standard InChI is InChI=1S/C25H32N2O3S2.C9H18O.C2H6/c1-17-6-4-5-7-20(17)22-14-18(15-27-12-10-19(16-27)32-3)8-9-21(22)24(28)26-23(25(29)30)11-13-31-2;1-10-8-9-6-4-2-3-5-7-9;1-2/h4-9,14,19,23H,10-13,15-16H2,1-3H3,(H,26,28)(H,29,30);9H,2-8H2,1H3;1-2H3. The Morgan fingerprint density at radius 2 is 1.73 bits per heavy atom. The van der Waals surface area contributed by atoms with Gasteiger partial charge in [0.1, 0.15) is 6.04 Å². The van der Waals surface area contributed by atoms with Gasteiger partial charge < -0.3 is 15.2 Å². The number of thioether (sulfide) groups is 2. The van der Waals surface area contributed by atoms with Gasteiger partial charge in [-0.25, -0.2) is 4.79 Å². The average Bonchev–Trinajstić information content (AvgIpc) is 3.33. The van der Waals surface area contributed by atoms with E-state index in [1.54, 1.807) is 11.8 Å². The van der Waals surface area contributed by atoms with Gasteiger partial charge in [-0.2, -0.15) is 23.5 Å². The monoisotopic (exact) mass is 644 g/mol. The molecule has 1 heterocycles. The number of carbonyl (C=O) groups is 2. The summed E-state index contributed by atoms with van der Waals surface area (Å²) < 4.78 is 5.14. The number of likely N-dealkylation sites (tertiary alicyclic amines) is 1. The molecule has 2 aliphatic rings. The first kappa shape index (κ1) is 38.2. The van der Waals surface area contributed by atoms with Crippen LogP contribution in [0.4, 0.5) is 0 Å². The predicted octanol–water partition coefficient (Wildman–Crippen LogP) is 8.16. The van der Waals surface area contributed by atoms with Crippen molar-refractivity contribution in [2.75, 3.05) is 45.1 Å². The van der Waals surface area contributed by atoms with Crippen LogP contribution in [-0.4, -0.2) is 78.2 Å². The Kier molecular flexibility index (Phi) is 18.8. The molecular weight excluding hydrogens is 589 g/mol. The van der Waals surface area contributed by atoms with E-state index in [0.717, 1.165) is 48.8 Å². The zero-order valence-electron chi connectivity index (χ0n) is 27.9. The number of aryl methyl sites for hydroxylation is 1. The number of carbonyl (C=O) groups excluding carboxylic acids is 1. The molecule has 0 spiro atoms. The summed E-state index contributed by atoms with van der Waals surface area (Å²) in [6.45, 7) is 10.0. The summed E-state index contributed by atoms with van der Waals surface area (Å²) >= 11 is 3.49. The number of hydrogen-bond donors (Lipinski definition) is 2. The van der Waals surface area contributed by atoms with Crippen LogP contribution in [0.1, 0.15) is 86.7 Å². The largest absolute Gasteiger partial charge is 0.480 e. The molecule has 0 radical (unpaired) electrons. The summed E-state index contributed by atoms with van der Waals surface area (Å²) in [4.78, 5) is 27.3. The fourth-order valence-electron chi connectivity index (χ4n) is 5.87. The molecule has 2 aromatic carbocycles. The smallest absolute Gasteiger partial charge is 0.326 e. The molecule has 2 fully saturated rings. The lowest BCUT2D eigenvalue weighted by molar-refractivity contribution is -0.139. The third kappa shape index (κ3) is 12.8. The maximum absolute atomic E-state index is 13.2. The quantitative estimate of drug-likeness (QED) is 0.226. The van der Waals surface area contributed by atoms with E-state index in [-0.39, 0.29) is 5.91 Å². The number of carboxylic acid groups (broad SMARTS) is 1. The van der Waals surface area contributed by atoms with Gasteiger partial charge in [0, 0.05) is 37.6 Å². The lowest BCUT2D eigenvalue weighted by Gasteiger charge is -2.19. The average molecular weight is 645 g/mol. The maximum Gasteiger partial charge on any atom is 0.326 e. The number of methoxy groups -OCH3 is 1. The van der Waals surface area contributed by atoms with Crippen LogP contribution in [0.5, 0.6) is 0 Å². The van der Waals surface area contributed by atoms with Gasteiger partial charge in [0.2, 0.25) is 0 Å². The Hall–Kier alpha value is -2.00. The number of nitrogens with one attached hydrogen (secondary N) is 1. The van der Waals surface area contributed by atoms with E-state index in [2.05, 4.69) is 22.5 Å². The molecule has 0 aromatic heterocycles. The summed E-state index contributed by atoms with van der Waals surface area (Å²) in [7, 11) is 1.81. The first-order valence-corrected chi connectivity index (χ1v) is 19.0. The van der Waals surface area contributed by atoms with E-state index in [9.17, 15) is 14.7 Å². The van der Waals surface area contributed by atoms with Crippen LogP contribution in [0.15, 0.2) is 42.5 Å². The van der Waals surface area contributed by atoms with Crippen LogP contribution in [0.2, 0.25) is 0 Å². The van der Waals surface area contributed by atoms with Crippen LogP contribution in [0.3, 0.4) is 0 Å². The molecule has 44 heavy (non-hydrogen) atoms. The molecule has 1 amide bonds. The number of carboxylic acids is 1. The minimum absolute atomic E-state index is 0.341. The highest BCUT2D eigenvalue weighted by Gasteiger charge is 2.24. The topological polar surface area (TPSA) is 78.9 Å². The predicted molar refractivity (Wildman–Crippen MR) is 190 cm³/mol. The van der Waals surface area contributed by atoms with Crippen molar-refractivity contribution in [1.82, 2.24) is 10.2 Å². The van der Waals surface area contributed by atoms with Crippen molar-refractivity contribution < 1.29 is 19.4 Å². The highest BCUT2D eigenvalue weighted by atomic mass is 32.2. The highest BCUT2D eigenvalue weighted by molar-refractivity contribution is 7.99. The van der Waals surface area contributed by atoms with Crippen molar-refractivity contribution in [3.63, 3.8) is 0 Å². The number of aliphatic carboxylic acids is 1. The molecule has 246 valence electrons. The van der Waals surface area contributed by atoms with Crippen LogP contribution in [0.25, 0.3) is 11.1 Å². The van der Waals surface area contributed by atoms with Gasteiger partial charge in [0.15, 0.2) is 0 Å². The number of benzene rings is 2. The Balaban J connectivity index is 0.000000473. The fraction of sp³-hybridized carbons (Fsp3) is 0.611. The number of nitrogens with zero attached hydrogens (tertiary/aromatic N) is 1. The normalized spacial score (nSPS) is 17.8. The Morgan fingerprint density at radius 1 is 1.02 bits per heavy atom. The van der Waals surface area contributed by atoms with E-state index < -0.39 is 12.0 Å². The van der Waals surface area contributed by atoms with Crippen LogP contribution < -0.4 is 5.32 Å². The number of ether oxygens (including phenoxy) is 1. The third-order valence-corrected chi connectivity index (χ3v) is 10.0. The van der Waals surface area contributed by atoms with E-state index in [1.165, 1.54) is 50.5 Å². The molecule has 2 atom stereocenters. The summed E-state index contributed by atoms with van der Waals surface area (Å²) in [5.74, 6) is 0.200. The molecule has 1 aliphatic carbocycles. The number of amides is 1. The van der Waals surface area contributed by atoms with Gasteiger partial charge in [-0.3, -0.25) is 9.69 Å². The molecule has 2 aromatic rings. The molecule has 2 N–H and O–H groups in total. The molecular formula is C36H56N2O4S2. The second-order valence-electron chi connectivity index (χ2n) is 11.5. The maximum atomic E-state index is 13.2. The number of rotatable bonds is 12. The van der Waals surface area contributed by atoms with E-state index in [4.69, 9.17) is 4.74 Å². The minimum Gasteiger partial charge on any atom is -0.480 e. The molecule has 4 rings (SSSR count). The third-order valence-electron chi connectivity index (χ3n) is 8.32. The van der Waals surface area contributed by atoms with Crippen molar-refractivity contribution in [2.45, 2.75) is 90.0 Å². The van der Waals surface area contributed by atoms with Gasteiger partial charge in [0.05, 0.1) is 0 Å². The molecule has 6 nitrogen and oxygen atoms in total. The van der Waals surface area contributed by atoms with E-state index in [0.29, 0.717) is 23.0 Å². The SMILES string of the molecule is CC.COCC1CCCCCC1.CSCCC(NC(=O)c1ccc(CN2CCC(SC)C2)cc1-c1ccccc1C)C(=O)O. The van der Waals surface area contributed by atoms with Gasteiger partial charge in [-0.15, -0.1) is 0 Å². The Labute approximate surface area is 275 Å². The molecule has 1 saturated heterocycles. The second-order valence-corrected chi connectivity index (χ2v) is 13.7. The number of hydrogen-bond acceptors (Lipinski definition) is 6. The van der Waals surface area contributed by atoms with Crippen molar-refractivity contribution in [3.05, 3.63) is 59.2 Å². The Morgan fingerprint density at radius 3 is 2.32 bits per heavy atom. The highest BCUT2D eigenvalue weighted by Crippen LogP contribution is 2.30. The molecule has 2 unspecified atom stereocenters. The van der Waals surface area contributed by atoms with Crippen molar-refractivity contribution in [1.29, 1.82) is 0 Å². The van der Waals surface area contributed by atoms with Crippen LogP contribution >= 0.6 is 23.5 Å². The summed E-state index contributed by atoms with van der Waals surface area (Å²) in [5.41, 5.74) is 4.62. The van der Waals surface area contributed by atoms with Crippen molar-refractivity contribution >= 4 is 35.4 Å². The summed E-state index contributed by atoms with van der Waals surface area (Å²) in [5, 5.41) is 13.0.